The number of rotatable bonds is 7. The number of aromatic amines is 1. The van der Waals surface area contributed by atoms with E-state index in [9.17, 15) is 4.39 Å². The molecule has 0 saturated heterocycles. The van der Waals surface area contributed by atoms with E-state index in [0.29, 0.717) is 16.7 Å². The molecule has 2 heterocycles. The summed E-state index contributed by atoms with van der Waals surface area (Å²) in [5.74, 6) is 1.78. The number of hydrogen-bond acceptors (Lipinski definition) is 6. The average Bonchev–Trinajstić information content (AvgIpc) is 3.22. The Morgan fingerprint density at radius 3 is 2.88 bits per heavy atom. The van der Waals surface area contributed by atoms with Gasteiger partial charge in [0.25, 0.3) is 0 Å². The van der Waals surface area contributed by atoms with Crippen LogP contribution in [-0.2, 0) is 12.3 Å². The van der Waals surface area contributed by atoms with Crippen molar-refractivity contribution in [2.75, 3.05) is 0 Å². The van der Waals surface area contributed by atoms with Gasteiger partial charge in [-0.15, -0.1) is 10.2 Å². The summed E-state index contributed by atoms with van der Waals surface area (Å²) in [6, 6.07) is 6.24. The molecule has 0 aliphatic heterocycles. The van der Waals surface area contributed by atoms with Crippen LogP contribution in [0, 0.1) is 5.82 Å². The zero-order valence-electron chi connectivity index (χ0n) is 13.1. The highest BCUT2D eigenvalue weighted by molar-refractivity contribution is 7.98. The van der Waals surface area contributed by atoms with Crippen LogP contribution >= 0.6 is 11.8 Å². The highest BCUT2D eigenvalue weighted by Gasteiger charge is 2.08. The Balaban J connectivity index is 1.59. The molecule has 0 amide bonds. The maximum Gasteiger partial charge on any atom is 0.209 e. The predicted octanol–water partition coefficient (Wildman–Crippen LogP) is 2.80. The smallest absolute Gasteiger partial charge is 0.209 e. The van der Waals surface area contributed by atoms with E-state index in [1.165, 1.54) is 23.9 Å². The summed E-state index contributed by atoms with van der Waals surface area (Å²) in [5, 5.41) is 19.3. The molecule has 124 valence electrons. The molecule has 0 radical (unpaired) electrons. The van der Waals surface area contributed by atoms with Crippen molar-refractivity contribution < 1.29 is 4.39 Å². The third-order valence-corrected chi connectivity index (χ3v) is 4.00. The number of benzene rings is 1. The molecule has 0 aliphatic rings. The van der Waals surface area contributed by atoms with Gasteiger partial charge in [-0.05, 0) is 40.6 Å². The second kappa shape index (κ2) is 7.82. The summed E-state index contributed by atoms with van der Waals surface area (Å²) in [6.07, 6.45) is 4.61. The number of nitrogens with one attached hydrogen (secondary N) is 1. The Morgan fingerprint density at radius 2 is 2.08 bits per heavy atom. The molecule has 3 aromatic rings. The lowest BCUT2D eigenvalue weighted by atomic mass is 10.2. The third-order valence-electron chi connectivity index (χ3n) is 3.16. The van der Waals surface area contributed by atoms with E-state index >= 15 is 0 Å². The molecule has 0 fully saturated rings. The summed E-state index contributed by atoms with van der Waals surface area (Å²) in [5.41, 5.74) is 0.890. The largest absolute Gasteiger partial charge is 0.259 e. The third kappa shape index (κ3) is 4.25. The molecule has 2 aromatic heterocycles. The normalized spacial score (nSPS) is 11.4. The number of halogens is 1. The Hall–Kier alpha value is -2.55. The fourth-order valence-electron chi connectivity index (χ4n) is 1.99. The molecule has 24 heavy (non-hydrogen) atoms. The lowest BCUT2D eigenvalue weighted by Gasteiger charge is -2.00. The summed E-state index contributed by atoms with van der Waals surface area (Å²) < 4.78 is 14.6. The second-order valence-corrected chi connectivity index (χ2v) is 5.94. The van der Waals surface area contributed by atoms with Crippen LogP contribution in [-0.4, -0.2) is 35.4 Å². The highest BCUT2D eigenvalue weighted by atomic mass is 32.2. The van der Waals surface area contributed by atoms with Crippen LogP contribution in [0.4, 0.5) is 4.39 Å². The van der Waals surface area contributed by atoms with Crippen molar-refractivity contribution in [2.45, 2.75) is 30.8 Å². The fraction of sp³-hybridized carbons (Fsp3) is 0.267. The molecule has 1 N–H and O–H groups in total. The minimum Gasteiger partial charge on any atom is -0.259 e. The van der Waals surface area contributed by atoms with Gasteiger partial charge < -0.3 is 0 Å². The van der Waals surface area contributed by atoms with E-state index in [1.807, 2.05) is 6.08 Å². The fourth-order valence-corrected chi connectivity index (χ4v) is 2.73. The second-order valence-electron chi connectivity index (χ2n) is 5.00. The van der Waals surface area contributed by atoms with Crippen LogP contribution in [0.25, 0.3) is 12.2 Å². The topological polar surface area (TPSA) is 85.2 Å². The average molecular weight is 345 g/mol. The quantitative estimate of drug-likeness (QED) is 0.663. The number of thioether (sulfide) groups is 1. The van der Waals surface area contributed by atoms with Crippen LogP contribution in [0.5, 0.6) is 0 Å². The number of H-pyrrole nitrogens is 1. The van der Waals surface area contributed by atoms with Crippen molar-refractivity contribution in [1.82, 2.24) is 35.4 Å². The Bertz CT molecular complexity index is 809. The van der Waals surface area contributed by atoms with Crippen LogP contribution in [0.15, 0.2) is 29.4 Å². The van der Waals surface area contributed by atoms with Gasteiger partial charge in [-0.1, -0.05) is 36.9 Å². The van der Waals surface area contributed by atoms with E-state index in [1.54, 1.807) is 22.9 Å². The molecule has 1 aromatic carbocycles. The summed E-state index contributed by atoms with van der Waals surface area (Å²) in [4.78, 5) is 4.38. The van der Waals surface area contributed by atoms with Gasteiger partial charge >= 0.3 is 0 Å². The van der Waals surface area contributed by atoms with Crippen molar-refractivity contribution in [3.05, 3.63) is 47.3 Å². The van der Waals surface area contributed by atoms with Gasteiger partial charge in [0.05, 0.1) is 5.75 Å². The first-order valence-corrected chi connectivity index (χ1v) is 8.47. The van der Waals surface area contributed by atoms with E-state index in [4.69, 9.17) is 0 Å². The number of hydrogen-bond donors (Lipinski definition) is 1. The van der Waals surface area contributed by atoms with E-state index in [2.05, 4.69) is 37.6 Å². The van der Waals surface area contributed by atoms with Crippen LogP contribution in [0.2, 0.25) is 0 Å². The first-order chi connectivity index (χ1) is 11.7. The van der Waals surface area contributed by atoms with E-state index in [0.717, 1.165) is 24.4 Å². The minimum absolute atomic E-state index is 0.254. The number of tetrazole rings is 1. The van der Waals surface area contributed by atoms with Crippen LogP contribution in [0.1, 0.15) is 30.6 Å². The van der Waals surface area contributed by atoms with Crippen LogP contribution < -0.4 is 0 Å². The van der Waals surface area contributed by atoms with Gasteiger partial charge in [0.15, 0.2) is 5.82 Å². The maximum absolute atomic E-state index is 12.9. The lowest BCUT2D eigenvalue weighted by Crippen LogP contribution is -2.04. The monoisotopic (exact) mass is 345 g/mol. The molecule has 7 nitrogen and oxygen atoms in total. The molecule has 9 heteroatoms. The molecule has 0 bridgehead atoms. The van der Waals surface area contributed by atoms with Crippen molar-refractivity contribution in [1.29, 1.82) is 0 Å². The van der Waals surface area contributed by atoms with Gasteiger partial charge in [-0.3, -0.25) is 5.10 Å². The molecule has 3 rings (SSSR count). The lowest BCUT2D eigenvalue weighted by molar-refractivity contribution is 0.564. The molecule has 0 aliphatic carbocycles. The molecule has 0 spiro atoms. The standard InChI is InChI=1S/C15H16FN7S/c1-2-9-23-14(19-21-22-23)10-24-15-17-13(18-20-15)8-5-11-3-6-12(16)7-4-11/h3-8H,2,9-10H2,1H3,(H,17,18,20). The van der Waals surface area contributed by atoms with Crippen molar-refractivity contribution in [3.8, 4) is 0 Å². The van der Waals surface area contributed by atoms with Crippen LogP contribution in [0.3, 0.4) is 0 Å². The predicted molar refractivity (Wildman–Crippen MR) is 89.4 cm³/mol. The number of nitrogens with zero attached hydrogens (tertiary/aromatic N) is 6. The SMILES string of the molecule is CCCn1nnnc1CSc1n[nH]c(C=Cc2ccc(F)cc2)n1. The van der Waals surface area contributed by atoms with Gasteiger partial charge in [-0.2, -0.15) is 0 Å². The minimum atomic E-state index is -0.254. The summed E-state index contributed by atoms with van der Waals surface area (Å²) in [6.45, 7) is 2.87. The number of aryl methyl sites for hydroxylation is 1. The molecule has 0 unspecified atom stereocenters. The van der Waals surface area contributed by atoms with E-state index in [-0.39, 0.29) is 5.82 Å². The number of aromatic nitrogens is 7. The zero-order chi connectivity index (χ0) is 16.8. The first kappa shape index (κ1) is 16.3. The highest BCUT2D eigenvalue weighted by Crippen LogP contribution is 2.18. The van der Waals surface area contributed by atoms with Gasteiger partial charge in [0, 0.05) is 6.54 Å². The summed E-state index contributed by atoms with van der Waals surface area (Å²) >= 11 is 1.46. The Labute approximate surface area is 142 Å². The van der Waals surface area contributed by atoms with Gasteiger partial charge in [0.1, 0.15) is 11.6 Å². The Kier molecular flexibility index (Phi) is 5.32. The molecule has 0 atom stereocenters. The molecular formula is C15H16FN7S. The maximum atomic E-state index is 12.9. The zero-order valence-corrected chi connectivity index (χ0v) is 13.9. The van der Waals surface area contributed by atoms with E-state index < -0.39 is 0 Å². The first-order valence-electron chi connectivity index (χ1n) is 7.48. The Morgan fingerprint density at radius 1 is 1.25 bits per heavy atom. The van der Waals surface area contributed by atoms with Crippen molar-refractivity contribution in [3.63, 3.8) is 0 Å². The molecule has 0 saturated carbocycles. The van der Waals surface area contributed by atoms with Crippen molar-refractivity contribution in [2.24, 2.45) is 0 Å². The van der Waals surface area contributed by atoms with Gasteiger partial charge in [0.2, 0.25) is 5.16 Å². The van der Waals surface area contributed by atoms with Gasteiger partial charge in [-0.25, -0.2) is 14.1 Å². The molecular weight excluding hydrogens is 329 g/mol. The van der Waals surface area contributed by atoms with Crippen molar-refractivity contribution >= 4 is 23.9 Å². The summed E-state index contributed by atoms with van der Waals surface area (Å²) in [7, 11) is 0.